The van der Waals surface area contributed by atoms with Gasteiger partial charge in [-0.3, -0.25) is 19.2 Å². The van der Waals surface area contributed by atoms with Crippen LogP contribution in [0.5, 0.6) is 0 Å². The number of anilines is 1. The maximum atomic E-state index is 13.8. The van der Waals surface area contributed by atoms with Gasteiger partial charge in [-0.05, 0) is 36.6 Å². The van der Waals surface area contributed by atoms with E-state index in [1.54, 1.807) is 4.90 Å². The van der Waals surface area contributed by atoms with Crippen LogP contribution in [-0.2, 0) is 29.7 Å². The SMILES string of the molecule is O=C1c2cc(CN3CCC(F)(F)CC3)nc(C3CC3)c2CN1c1cccc(C2(Cc3nncn3C(F)F)COC2)c1. The number of amides is 1. The molecule has 5 heterocycles. The van der Waals surface area contributed by atoms with E-state index in [1.807, 2.05) is 35.2 Å². The second-order valence-corrected chi connectivity index (χ2v) is 11.8. The van der Waals surface area contributed by atoms with Crippen LogP contribution >= 0.6 is 0 Å². The Hall–Kier alpha value is -3.38. The molecular weight excluding hydrogens is 540 g/mol. The minimum atomic E-state index is -2.74. The summed E-state index contributed by atoms with van der Waals surface area (Å²) in [6.45, 7) is -0.592. The molecule has 0 atom stereocenters. The van der Waals surface area contributed by atoms with E-state index in [1.165, 1.54) is 0 Å². The molecule has 3 fully saturated rings. The van der Waals surface area contributed by atoms with Gasteiger partial charge in [-0.1, -0.05) is 12.1 Å². The minimum Gasteiger partial charge on any atom is -0.379 e. The number of halogens is 4. The fraction of sp³-hybridized carbons (Fsp3) is 0.517. The van der Waals surface area contributed by atoms with Crippen LogP contribution in [-0.4, -0.2) is 62.8 Å². The third-order valence-corrected chi connectivity index (χ3v) is 8.82. The van der Waals surface area contributed by atoms with Crippen LogP contribution in [0.25, 0.3) is 0 Å². The van der Waals surface area contributed by atoms with Crippen LogP contribution in [0.1, 0.15) is 76.8 Å². The molecule has 7 rings (SSSR count). The molecule has 4 aliphatic rings. The predicted molar refractivity (Wildman–Crippen MR) is 140 cm³/mol. The van der Waals surface area contributed by atoms with Gasteiger partial charge in [0.25, 0.3) is 11.8 Å². The highest BCUT2D eigenvalue weighted by atomic mass is 19.3. The van der Waals surface area contributed by atoms with Crippen LogP contribution in [0.15, 0.2) is 36.7 Å². The molecule has 0 bridgehead atoms. The van der Waals surface area contributed by atoms with E-state index in [0.717, 1.165) is 46.3 Å². The van der Waals surface area contributed by atoms with Gasteiger partial charge in [0.15, 0.2) is 0 Å². The van der Waals surface area contributed by atoms with Crippen molar-refractivity contribution in [3.8, 4) is 0 Å². The lowest BCUT2D eigenvalue weighted by Gasteiger charge is -2.42. The Kier molecular flexibility index (Phi) is 6.38. The zero-order valence-electron chi connectivity index (χ0n) is 22.4. The highest BCUT2D eigenvalue weighted by molar-refractivity contribution is 6.10. The highest BCUT2D eigenvalue weighted by Crippen LogP contribution is 2.45. The van der Waals surface area contributed by atoms with Crippen LogP contribution in [0.3, 0.4) is 0 Å². The zero-order valence-corrected chi connectivity index (χ0v) is 22.4. The van der Waals surface area contributed by atoms with E-state index in [9.17, 15) is 22.4 Å². The summed E-state index contributed by atoms with van der Waals surface area (Å²) in [6.07, 6.45) is 2.98. The number of piperidine rings is 1. The third kappa shape index (κ3) is 4.90. The lowest BCUT2D eigenvalue weighted by atomic mass is 9.75. The smallest absolute Gasteiger partial charge is 0.321 e. The second-order valence-electron chi connectivity index (χ2n) is 11.8. The molecule has 12 heteroatoms. The first-order chi connectivity index (χ1) is 19.7. The number of carbonyl (C=O) groups excluding carboxylic acids is 1. The molecule has 0 N–H and O–H groups in total. The van der Waals surface area contributed by atoms with Crippen LogP contribution in [0.4, 0.5) is 23.2 Å². The zero-order chi connectivity index (χ0) is 28.4. The molecule has 0 spiro atoms. The van der Waals surface area contributed by atoms with E-state index in [4.69, 9.17) is 9.72 Å². The summed E-state index contributed by atoms with van der Waals surface area (Å²) in [5.74, 6) is -2.24. The average Bonchev–Trinajstić information content (AvgIpc) is 3.58. The van der Waals surface area contributed by atoms with E-state index >= 15 is 0 Å². The number of hydrogen-bond donors (Lipinski definition) is 0. The molecule has 41 heavy (non-hydrogen) atoms. The number of nitrogens with zero attached hydrogens (tertiary/aromatic N) is 6. The normalized spacial score (nSPS) is 21.8. The monoisotopic (exact) mass is 570 g/mol. The van der Waals surface area contributed by atoms with Crippen molar-refractivity contribution in [3.05, 3.63) is 70.6 Å². The topological polar surface area (TPSA) is 76.4 Å². The first kappa shape index (κ1) is 26.5. The van der Waals surface area contributed by atoms with E-state index in [0.29, 0.717) is 56.6 Å². The molecule has 2 saturated heterocycles. The summed E-state index contributed by atoms with van der Waals surface area (Å²) >= 11 is 0. The number of fused-ring (bicyclic) bond motifs is 1. The number of likely N-dealkylation sites (tertiary alicyclic amines) is 1. The first-order valence-electron chi connectivity index (χ1n) is 14.0. The molecule has 2 aromatic heterocycles. The first-order valence-corrected chi connectivity index (χ1v) is 14.0. The molecule has 0 unspecified atom stereocenters. The summed E-state index contributed by atoms with van der Waals surface area (Å²) in [5.41, 5.74) is 4.30. The summed E-state index contributed by atoms with van der Waals surface area (Å²) in [6, 6.07) is 9.45. The number of ether oxygens (including phenoxy) is 1. The minimum absolute atomic E-state index is 0.121. The largest absolute Gasteiger partial charge is 0.379 e. The van der Waals surface area contributed by atoms with Crippen molar-refractivity contribution in [3.63, 3.8) is 0 Å². The van der Waals surface area contributed by atoms with Crippen molar-refractivity contribution in [1.29, 1.82) is 0 Å². The average molecular weight is 571 g/mol. The quantitative estimate of drug-likeness (QED) is 0.361. The molecule has 1 amide bonds. The molecule has 1 aliphatic carbocycles. The lowest BCUT2D eigenvalue weighted by Crippen LogP contribution is -2.49. The van der Waals surface area contributed by atoms with Gasteiger partial charge in [0.2, 0.25) is 0 Å². The molecule has 0 radical (unpaired) electrons. The van der Waals surface area contributed by atoms with Gasteiger partial charge in [-0.25, -0.2) is 8.78 Å². The molecule has 1 aromatic carbocycles. The van der Waals surface area contributed by atoms with Crippen molar-refractivity contribution < 1.29 is 27.1 Å². The van der Waals surface area contributed by atoms with Gasteiger partial charge in [0.05, 0.1) is 25.5 Å². The molecule has 3 aromatic rings. The summed E-state index contributed by atoms with van der Waals surface area (Å²) in [7, 11) is 0. The van der Waals surface area contributed by atoms with Crippen molar-refractivity contribution in [2.24, 2.45) is 0 Å². The van der Waals surface area contributed by atoms with Crippen molar-refractivity contribution in [2.45, 2.75) is 69.0 Å². The molecule has 1 saturated carbocycles. The second kappa shape index (κ2) is 9.87. The van der Waals surface area contributed by atoms with Gasteiger partial charge >= 0.3 is 6.55 Å². The Morgan fingerprint density at radius 3 is 2.56 bits per heavy atom. The number of pyridine rings is 1. The van der Waals surface area contributed by atoms with E-state index in [-0.39, 0.29) is 31.0 Å². The van der Waals surface area contributed by atoms with Crippen LogP contribution < -0.4 is 4.90 Å². The van der Waals surface area contributed by atoms with Crippen molar-refractivity contribution >= 4 is 11.6 Å². The Bertz CT molecular complexity index is 1480. The maximum Gasteiger partial charge on any atom is 0.321 e. The van der Waals surface area contributed by atoms with Gasteiger partial charge in [0, 0.05) is 72.7 Å². The van der Waals surface area contributed by atoms with Crippen LogP contribution in [0.2, 0.25) is 0 Å². The van der Waals surface area contributed by atoms with E-state index < -0.39 is 17.9 Å². The summed E-state index contributed by atoms with van der Waals surface area (Å²) in [5, 5.41) is 7.59. The van der Waals surface area contributed by atoms with Gasteiger partial charge < -0.3 is 9.64 Å². The summed E-state index contributed by atoms with van der Waals surface area (Å²) < 4.78 is 60.5. The Labute approximate surface area is 234 Å². The van der Waals surface area contributed by atoms with Gasteiger partial charge in [0.1, 0.15) is 12.2 Å². The molecule has 216 valence electrons. The standard InChI is InChI=1S/C29H30F4N6O2/c30-27(31)39-17-34-36-24(39)12-28(15-41-16-28)19-2-1-3-21(10-19)38-14-23-22(26(38)40)11-20(35-25(23)18-4-5-18)13-37-8-6-29(32,33)7-9-37/h1-3,10-11,17-18,27H,4-9,12-16H2. The predicted octanol–water partition coefficient (Wildman–Crippen LogP) is 4.85. The molecule has 8 nitrogen and oxygen atoms in total. The highest BCUT2D eigenvalue weighted by Gasteiger charge is 2.43. The fourth-order valence-corrected chi connectivity index (χ4v) is 6.21. The third-order valence-electron chi connectivity index (χ3n) is 8.82. The summed E-state index contributed by atoms with van der Waals surface area (Å²) in [4.78, 5) is 22.5. The van der Waals surface area contributed by atoms with Gasteiger partial charge in [-0.15, -0.1) is 10.2 Å². The molecular formula is C29H30F4N6O2. The van der Waals surface area contributed by atoms with Crippen LogP contribution in [0, 0.1) is 0 Å². The maximum absolute atomic E-state index is 13.8. The van der Waals surface area contributed by atoms with E-state index in [2.05, 4.69) is 10.2 Å². The molecule has 3 aliphatic heterocycles. The number of aromatic nitrogens is 4. The Morgan fingerprint density at radius 1 is 1.10 bits per heavy atom. The lowest BCUT2D eigenvalue weighted by molar-refractivity contribution is -0.0623. The van der Waals surface area contributed by atoms with Crippen molar-refractivity contribution in [2.75, 3.05) is 31.2 Å². The van der Waals surface area contributed by atoms with Gasteiger partial charge in [-0.2, -0.15) is 8.78 Å². The van der Waals surface area contributed by atoms with Crippen molar-refractivity contribution in [1.82, 2.24) is 24.6 Å². The Morgan fingerprint density at radius 2 is 1.88 bits per heavy atom. The fourth-order valence-electron chi connectivity index (χ4n) is 6.21. The Balaban J connectivity index is 1.15. The number of hydrogen-bond acceptors (Lipinski definition) is 6. The number of alkyl halides is 4. The number of carbonyl (C=O) groups is 1. The number of rotatable bonds is 8. The number of benzene rings is 1.